The van der Waals surface area contributed by atoms with Crippen molar-refractivity contribution in [3.63, 3.8) is 0 Å². The second-order valence-electron chi connectivity index (χ2n) is 5.37. The predicted molar refractivity (Wildman–Crippen MR) is 96.7 cm³/mol. The van der Waals surface area contributed by atoms with Crippen molar-refractivity contribution in [2.45, 2.75) is 0 Å². The average molecular weight is 429 g/mol. The normalized spacial score (nSPS) is 11.0. The molecule has 0 aliphatic heterocycles. The van der Waals surface area contributed by atoms with Crippen molar-refractivity contribution in [1.82, 2.24) is 15.0 Å². The van der Waals surface area contributed by atoms with Crippen LogP contribution in [0.1, 0.15) is 0 Å². The zero-order valence-electron chi connectivity index (χ0n) is 13.7. The summed E-state index contributed by atoms with van der Waals surface area (Å²) in [5, 5.41) is 0. The molecule has 0 radical (unpaired) electrons. The van der Waals surface area contributed by atoms with E-state index in [-0.39, 0.29) is 20.4 Å². The Morgan fingerprint density at radius 2 is 1.46 bits per heavy atom. The van der Waals surface area contributed by atoms with Crippen LogP contribution >= 0.6 is 0 Å². The van der Waals surface area contributed by atoms with E-state index in [2.05, 4.69) is 26.0 Å². The molecule has 0 aliphatic carbocycles. The molecule has 0 bridgehead atoms. The van der Waals surface area contributed by atoms with Gasteiger partial charge in [-0.1, -0.05) is 41.9 Å². The third-order valence-electron chi connectivity index (χ3n) is 3.62. The van der Waals surface area contributed by atoms with Gasteiger partial charge in [0.05, 0.1) is 5.69 Å². The molecule has 4 nitrogen and oxygen atoms in total. The summed E-state index contributed by atoms with van der Waals surface area (Å²) in [6.45, 7) is 0. The smallest absolute Gasteiger partial charge is 0.455 e. The van der Waals surface area contributed by atoms with Gasteiger partial charge < -0.3 is 15.0 Å². The van der Waals surface area contributed by atoms with E-state index in [0.29, 0.717) is 11.2 Å². The standard InChI is InChI=1S/C21H14N4.Pd/c1-3-13-22-18(9-1)16-7-5-8-17(15-16)24-21-12-6-11-20(25-21)19-10-2-4-14-23-19;/h1-14H;/q-2;+2. The van der Waals surface area contributed by atoms with Crippen LogP contribution in [-0.2, 0) is 20.4 Å². The number of aromatic nitrogens is 3. The van der Waals surface area contributed by atoms with Crippen molar-refractivity contribution >= 4 is 5.69 Å². The topological polar surface area (TPSA) is 52.2 Å². The molecule has 0 spiro atoms. The molecule has 26 heavy (non-hydrogen) atoms. The summed E-state index contributed by atoms with van der Waals surface area (Å²) >= 11 is 0. The van der Waals surface area contributed by atoms with E-state index in [1.165, 1.54) is 0 Å². The first kappa shape index (κ1) is 17.9. The summed E-state index contributed by atoms with van der Waals surface area (Å²) in [4.78, 5) is 17.9. The number of pyridine rings is 3. The van der Waals surface area contributed by atoms with E-state index in [9.17, 15) is 0 Å². The van der Waals surface area contributed by atoms with Crippen molar-refractivity contribution in [3.8, 4) is 22.6 Å². The molecule has 0 saturated heterocycles. The SMILES string of the molecule is [Pd+2].[c-]1c(N=c2cccc(-c3ccccn3)[n-]2)cccc1-c1ccccn1. The molecule has 0 N–H and O–H groups in total. The Labute approximate surface area is 165 Å². The molecule has 0 saturated carbocycles. The maximum atomic E-state index is 4.59. The molecule has 4 aromatic rings. The Hall–Kier alpha value is -2.87. The monoisotopic (exact) mass is 428 g/mol. The minimum Gasteiger partial charge on any atom is -0.455 e. The number of hydrogen-bond acceptors (Lipinski definition) is 3. The van der Waals surface area contributed by atoms with Gasteiger partial charge in [0.1, 0.15) is 0 Å². The zero-order chi connectivity index (χ0) is 16.9. The van der Waals surface area contributed by atoms with E-state index in [0.717, 1.165) is 22.6 Å². The van der Waals surface area contributed by atoms with Gasteiger partial charge in [-0.3, -0.25) is 4.98 Å². The van der Waals surface area contributed by atoms with Crippen LogP contribution in [0, 0.1) is 6.07 Å². The summed E-state index contributed by atoms with van der Waals surface area (Å²) in [5.74, 6) is 0. The van der Waals surface area contributed by atoms with Crippen molar-refractivity contribution in [3.05, 3.63) is 96.7 Å². The van der Waals surface area contributed by atoms with Gasteiger partial charge in [-0.15, -0.1) is 35.5 Å². The maximum Gasteiger partial charge on any atom is 2.00 e. The van der Waals surface area contributed by atoms with Crippen molar-refractivity contribution < 1.29 is 20.4 Å². The Bertz CT molecular complexity index is 1040. The molecule has 3 aromatic heterocycles. The average Bonchev–Trinajstić information content (AvgIpc) is 2.70. The second kappa shape index (κ2) is 8.48. The Morgan fingerprint density at radius 1 is 0.731 bits per heavy atom. The van der Waals surface area contributed by atoms with Gasteiger partial charge in [0.25, 0.3) is 0 Å². The second-order valence-corrected chi connectivity index (χ2v) is 5.37. The Kier molecular flexibility index (Phi) is 5.85. The van der Waals surface area contributed by atoms with E-state index < -0.39 is 0 Å². The predicted octanol–water partition coefficient (Wildman–Crippen LogP) is 3.80. The molecule has 0 unspecified atom stereocenters. The molecule has 0 aliphatic rings. The van der Waals surface area contributed by atoms with Crippen LogP contribution in [0.25, 0.3) is 22.6 Å². The maximum absolute atomic E-state index is 4.59. The van der Waals surface area contributed by atoms with E-state index in [1.54, 1.807) is 12.4 Å². The van der Waals surface area contributed by atoms with Crippen molar-refractivity contribution in [1.29, 1.82) is 0 Å². The van der Waals surface area contributed by atoms with Gasteiger partial charge in [0, 0.05) is 12.4 Å². The van der Waals surface area contributed by atoms with E-state index in [1.807, 2.05) is 72.8 Å². The van der Waals surface area contributed by atoms with Crippen molar-refractivity contribution in [2.24, 2.45) is 4.99 Å². The Balaban J connectivity index is 0.00000196. The van der Waals surface area contributed by atoms with Gasteiger partial charge in [0.15, 0.2) is 0 Å². The minimum absolute atomic E-state index is 0. The summed E-state index contributed by atoms with van der Waals surface area (Å²) in [5.41, 5.74) is 4.73. The molecule has 3 heterocycles. The van der Waals surface area contributed by atoms with Crippen molar-refractivity contribution in [2.75, 3.05) is 0 Å². The van der Waals surface area contributed by atoms with Crippen LogP contribution in [0.5, 0.6) is 0 Å². The molecule has 0 fully saturated rings. The number of nitrogens with zero attached hydrogens (tertiary/aromatic N) is 4. The van der Waals surface area contributed by atoms with Crippen LogP contribution in [0.15, 0.2) is 90.2 Å². The van der Waals surface area contributed by atoms with Crippen LogP contribution in [0.3, 0.4) is 0 Å². The molecular weight excluding hydrogens is 415 g/mol. The number of rotatable bonds is 3. The summed E-state index contributed by atoms with van der Waals surface area (Å²) in [7, 11) is 0. The largest absolute Gasteiger partial charge is 2.00 e. The first-order chi connectivity index (χ1) is 12.4. The molecule has 5 heteroatoms. The Morgan fingerprint density at radius 3 is 2.19 bits per heavy atom. The quantitative estimate of drug-likeness (QED) is 0.368. The summed E-state index contributed by atoms with van der Waals surface area (Å²) < 4.78 is 0. The van der Waals surface area contributed by atoms with Gasteiger partial charge in [-0.2, -0.15) is 0 Å². The fourth-order valence-electron chi connectivity index (χ4n) is 2.46. The van der Waals surface area contributed by atoms with Crippen LogP contribution in [0.2, 0.25) is 0 Å². The zero-order valence-corrected chi connectivity index (χ0v) is 15.2. The van der Waals surface area contributed by atoms with Crippen LogP contribution < -0.4 is 10.5 Å². The third kappa shape index (κ3) is 4.20. The molecular formula is C21H14N4Pd. The third-order valence-corrected chi connectivity index (χ3v) is 3.62. The van der Waals surface area contributed by atoms with Gasteiger partial charge in [-0.05, 0) is 29.6 Å². The first-order valence-corrected chi connectivity index (χ1v) is 7.92. The molecule has 0 amide bonds. The van der Waals surface area contributed by atoms with Crippen LogP contribution in [-0.4, -0.2) is 9.97 Å². The number of hydrogen-bond donors (Lipinski definition) is 0. The first-order valence-electron chi connectivity index (χ1n) is 7.92. The fourth-order valence-corrected chi connectivity index (χ4v) is 2.46. The van der Waals surface area contributed by atoms with Gasteiger partial charge in [-0.25, -0.2) is 0 Å². The van der Waals surface area contributed by atoms with E-state index in [4.69, 9.17) is 0 Å². The fraction of sp³-hybridized carbons (Fsp3) is 0. The summed E-state index contributed by atoms with van der Waals surface area (Å²) in [6, 6.07) is 26.4. The molecule has 0 atom stereocenters. The molecule has 128 valence electrons. The van der Waals surface area contributed by atoms with Gasteiger partial charge in [0.2, 0.25) is 0 Å². The van der Waals surface area contributed by atoms with Gasteiger partial charge >= 0.3 is 20.4 Å². The van der Waals surface area contributed by atoms with E-state index >= 15 is 0 Å². The molecule has 4 rings (SSSR count). The number of benzene rings is 1. The minimum atomic E-state index is 0. The van der Waals surface area contributed by atoms with Crippen LogP contribution in [0.4, 0.5) is 5.69 Å². The molecule has 1 aromatic carbocycles. The summed E-state index contributed by atoms with van der Waals surface area (Å²) in [6.07, 6.45) is 3.52.